The lowest BCUT2D eigenvalue weighted by Gasteiger charge is -2.60. The quantitative estimate of drug-likeness (QED) is 0.605. The monoisotopic (exact) mass is 510 g/mol. The third kappa shape index (κ3) is 4.21. The Hall–Kier alpha value is -0.960. The van der Waals surface area contributed by atoms with Gasteiger partial charge in [0.15, 0.2) is 0 Å². The minimum Gasteiger partial charge on any atom is -0.379 e. The fraction of sp³-hybridized carbons (Fsp3) is 0.696. The van der Waals surface area contributed by atoms with Crippen LogP contribution in [0, 0.1) is 24.2 Å². The van der Waals surface area contributed by atoms with E-state index in [-0.39, 0.29) is 20.5 Å². The van der Waals surface area contributed by atoms with Crippen molar-refractivity contribution in [2.24, 2.45) is 17.3 Å². The maximum absolute atomic E-state index is 13.1. The molecule has 1 aromatic carbocycles. The first-order valence-electron chi connectivity index (χ1n) is 11.3. The Morgan fingerprint density at radius 1 is 1.19 bits per heavy atom. The van der Waals surface area contributed by atoms with E-state index < -0.39 is 10.0 Å². The molecule has 6 nitrogen and oxygen atoms in total. The van der Waals surface area contributed by atoms with Crippen LogP contribution in [0.1, 0.15) is 50.5 Å². The molecule has 4 saturated carbocycles. The Morgan fingerprint density at radius 2 is 1.87 bits per heavy atom. The minimum atomic E-state index is -3.61. The van der Waals surface area contributed by atoms with Gasteiger partial charge in [-0.1, -0.05) is 22.0 Å². The van der Waals surface area contributed by atoms with E-state index in [9.17, 15) is 13.2 Å². The van der Waals surface area contributed by atoms with Gasteiger partial charge in [-0.25, -0.2) is 8.42 Å². The van der Waals surface area contributed by atoms with Gasteiger partial charge in [-0.3, -0.25) is 4.79 Å². The lowest BCUT2D eigenvalue weighted by atomic mass is 9.48. The minimum absolute atomic E-state index is 0.00313. The van der Waals surface area contributed by atoms with E-state index in [2.05, 4.69) is 21.2 Å². The van der Waals surface area contributed by atoms with Gasteiger partial charge in [0.1, 0.15) is 0 Å². The highest BCUT2D eigenvalue weighted by molar-refractivity contribution is 9.10. The average Bonchev–Trinajstić information content (AvgIpc) is 2.67. The number of alkyl halides is 1. The number of ether oxygens (including phenoxy) is 1. The van der Waals surface area contributed by atoms with Crippen LogP contribution in [-0.2, 0) is 19.6 Å². The van der Waals surface area contributed by atoms with Crippen LogP contribution in [0.25, 0.3) is 0 Å². The molecule has 0 radical (unpaired) electrons. The summed E-state index contributed by atoms with van der Waals surface area (Å²) in [6.07, 6.45) is 7.69. The molecule has 5 aliphatic rings. The van der Waals surface area contributed by atoms with Gasteiger partial charge in [-0.05, 0) is 80.4 Å². The van der Waals surface area contributed by atoms with Gasteiger partial charge in [-0.15, -0.1) is 0 Å². The van der Waals surface area contributed by atoms with E-state index >= 15 is 0 Å². The molecule has 170 valence electrons. The molecule has 1 heterocycles. The van der Waals surface area contributed by atoms with Crippen molar-refractivity contribution in [3.8, 4) is 0 Å². The number of benzene rings is 1. The number of nitrogens with one attached hydrogen (secondary N) is 1. The van der Waals surface area contributed by atoms with Crippen LogP contribution in [0.3, 0.4) is 0 Å². The Balaban J connectivity index is 1.32. The zero-order valence-corrected chi connectivity index (χ0v) is 20.4. The highest BCUT2D eigenvalue weighted by Gasteiger charge is 2.57. The topological polar surface area (TPSA) is 75.7 Å². The van der Waals surface area contributed by atoms with E-state index in [0.29, 0.717) is 44.0 Å². The summed E-state index contributed by atoms with van der Waals surface area (Å²) in [6, 6.07) is 5.20. The largest absolute Gasteiger partial charge is 0.379 e. The first-order chi connectivity index (χ1) is 14.7. The lowest BCUT2D eigenvalue weighted by molar-refractivity contribution is -0.123. The number of carbonyl (C=O) groups excluding carboxylic acids is 1. The molecule has 1 aliphatic heterocycles. The van der Waals surface area contributed by atoms with Crippen LogP contribution in [0.4, 0.5) is 5.69 Å². The van der Waals surface area contributed by atoms with Crippen LogP contribution < -0.4 is 5.32 Å². The Labute approximate surface area is 193 Å². The van der Waals surface area contributed by atoms with E-state index in [4.69, 9.17) is 4.74 Å². The maximum Gasteiger partial charge on any atom is 0.243 e. The predicted octanol–water partition coefficient (Wildman–Crippen LogP) is 4.08. The Kier molecular flexibility index (Phi) is 5.51. The van der Waals surface area contributed by atoms with Gasteiger partial charge in [0.2, 0.25) is 15.9 Å². The van der Waals surface area contributed by atoms with Gasteiger partial charge >= 0.3 is 0 Å². The van der Waals surface area contributed by atoms with Crippen LogP contribution in [0.2, 0.25) is 0 Å². The number of amides is 1. The van der Waals surface area contributed by atoms with Crippen molar-refractivity contribution >= 4 is 37.5 Å². The van der Waals surface area contributed by atoms with Gasteiger partial charge in [0.25, 0.3) is 0 Å². The number of anilines is 1. The molecule has 0 aromatic heterocycles. The first kappa shape index (κ1) is 21.9. The molecule has 1 amide bonds. The number of halogens is 1. The zero-order chi connectivity index (χ0) is 21.9. The van der Waals surface area contributed by atoms with Crippen LogP contribution in [0.5, 0.6) is 0 Å². The Bertz CT molecular complexity index is 975. The molecule has 2 atom stereocenters. The summed E-state index contributed by atoms with van der Waals surface area (Å²) in [5, 5.41) is 3.01. The number of sulfonamides is 1. The fourth-order valence-corrected chi connectivity index (χ4v) is 10.1. The van der Waals surface area contributed by atoms with Crippen LogP contribution in [0.15, 0.2) is 23.1 Å². The fourth-order valence-electron chi connectivity index (χ4n) is 6.97. The second kappa shape index (κ2) is 7.82. The van der Waals surface area contributed by atoms with Crippen molar-refractivity contribution in [1.29, 1.82) is 0 Å². The number of nitrogens with zero attached hydrogens (tertiary/aromatic N) is 1. The molecule has 1 aromatic rings. The van der Waals surface area contributed by atoms with Crippen molar-refractivity contribution < 1.29 is 17.9 Å². The van der Waals surface area contributed by atoms with E-state index in [1.165, 1.54) is 23.6 Å². The summed E-state index contributed by atoms with van der Waals surface area (Å²) in [7, 11) is -3.61. The van der Waals surface area contributed by atoms with Gasteiger partial charge in [0, 0.05) is 29.5 Å². The van der Waals surface area contributed by atoms with Gasteiger partial charge in [-0.2, -0.15) is 4.31 Å². The highest BCUT2D eigenvalue weighted by Crippen LogP contribution is 2.65. The molecular formula is C23H31BrN2O4S. The summed E-state index contributed by atoms with van der Waals surface area (Å²) in [5.74, 6) is 1.47. The second-order valence-electron chi connectivity index (χ2n) is 10.3. The number of rotatable bonds is 5. The third-order valence-corrected chi connectivity index (χ3v) is 10.7. The van der Waals surface area contributed by atoms with Crippen molar-refractivity contribution in [1.82, 2.24) is 4.31 Å². The molecular weight excluding hydrogens is 480 g/mol. The molecule has 4 bridgehead atoms. The lowest BCUT2D eigenvalue weighted by Crippen LogP contribution is -2.53. The summed E-state index contributed by atoms with van der Waals surface area (Å²) in [6.45, 7) is 3.33. The summed E-state index contributed by atoms with van der Waals surface area (Å²) in [5.41, 5.74) is 1.33. The van der Waals surface area contributed by atoms with Gasteiger partial charge < -0.3 is 10.1 Å². The first-order valence-corrected chi connectivity index (χ1v) is 13.6. The number of carbonyl (C=O) groups is 1. The maximum atomic E-state index is 13.1. The van der Waals surface area contributed by atoms with Crippen molar-refractivity contribution in [3.63, 3.8) is 0 Å². The summed E-state index contributed by atoms with van der Waals surface area (Å²) >= 11 is 4.01. The highest BCUT2D eigenvalue weighted by atomic mass is 79.9. The third-order valence-electron chi connectivity index (χ3n) is 7.71. The van der Waals surface area contributed by atoms with Crippen LogP contribution in [-0.4, -0.2) is 49.3 Å². The molecule has 8 heteroatoms. The Morgan fingerprint density at radius 3 is 2.52 bits per heavy atom. The average molecular weight is 511 g/mol. The molecule has 31 heavy (non-hydrogen) atoms. The molecule has 0 spiro atoms. The number of morpholine rings is 1. The summed E-state index contributed by atoms with van der Waals surface area (Å²) in [4.78, 5) is 13.3. The number of hydrogen-bond acceptors (Lipinski definition) is 4. The van der Waals surface area contributed by atoms with E-state index in [0.717, 1.165) is 31.1 Å². The SMILES string of the molecule is Cc1ccc(NC(=O)CC23C[C@@H]4C[C@H](CC(Br)(C4)C2)C3)cc1S(=O)(=O)N1CCOCC1. The molecule has 5 fully saturated rings. The van der Waals surface area contributed by atoms with Crippen molar-refractivity contribution in [3.05, 3.63) is 23.8 Å². The predicted molar refractivity (Wildman–Crippen MR) is 123 cm³/mol. The molecule has 0 unspecified atom stereocenters. The number of aryl methyl sites for hydroxylation is 1. The van der Waals surface area contributed by atoms with Crippen molar-refractivity contribution in [2.45, 2.75) is 61.1 Å². The second-order valence-corrected chi connectivity index (χ2v) is 13.9. The van der Waals surface area contributed by atoms with Gasteiger partial charge in [0.05, 0.1) is 18.1 Å². The van der Waals surface area contributed by atoms with E-state index in [1.54, 1.807) is 25.1 Å². The van der Waals surface area contributed by atoms with Crippen molar-refractivity contribution in [2.75, 3.05) is 31.6 Å². The zero-order valence-electron chi connectivity index (χ0n) is 18.0. The molecule has 1 N–H and O–H groups in total. The smallest absolute Gasteiger partial charge is 0.243 e. The molecule has 4 aliphatic carbocycles. The standard InChI is InChI=1S/C23H31BrN2O4S/c1-16-2-3-19(9-20(16)31(28,29)26-4-6-30-7-5-26)25-21(27)14-22-10-17-8-18(11-22)13-23(24,12-17)15-22/h2-3,9,17-18H,4-8,10-15H2,1H3,(H,25,27)/t17-,18-,22?,23?/m0/s1. The normalized spacial score (nSPS) is 35.3. The van der Waals surface area contributed by atoms with Crippen LogP contribution >= 0.6 is 15.9 Å². The molecule has 6 rings (SSSR count). The summed E-state index contributed by atoms with van der Waals surface area (Å²) < 4.78 is 33.2. The van der Waals surface area contributed by atoms with E-state index in [1.807, 2.05) is 0 Å². The number of hydrogen-bond donors (Lipinski definition) is 1. The molecule has 1 saturated heterocycles.